The first kappa shape index (κ1) is 5.99. The Morgan fingerprint density at radius 1 is 1.50 bits per heavy atom. The van der Waals surface area contributed by atoms with Crippen LogP contribution in [0.1, 0.15) is 20.3 Å². The van der Waals surface area contributed by atoms with Crippen molar-refractivity contribution in [1.82, 2.24) is 0 Å². The van der Waals surface area contributed by atoms with Gasteiger partial charge < -0.3 is 0 Å². The smallest absolute Gasteiger partial charge is 0.207 e. The maximum absolute atomic E-state index is 12.2. The molecule has 0 aliphatic heterocycles. The van der Waals surface area contributed by atoms with E-state index in [1.54, 1.807) is 0 Å². The second kappa shape index (κ2) is 1.42. The van der Waals surface area contributed by atoms with Crippen LogP contribution in [0, 0.1) is 11.8 Å². The Hall–Kier alpha value is -0.140. The van der Waals surface area contributed by atoms with Crippen molar-refractivity contribution in [2.75, 3.05) is 0 Å². The molecule has 1 rings (SSSR count). The Labute approximate surface area is 47.9 Å². The van der Waals surface area contributed by atoms with E-state index in [4.69, 9.17) is 0 Å². The minimum Gasteiger partial charge on any atom is -0.207 e. The summed E-state index contributed by atoms with van der Waals surface area (Å²) in [5.41, 5.74) is 0. The van der Waals surface area contributed by atoms with Crippen LogP contribution in [0.5, 0.6) is 0 Å². The predicted molar refractivity (Wildman–Crippen MR) is 27.9 cm³/mol. The van der Waals surface area contributed by atoms with E-state index in [0.29, 0.717) is 6.42 Å². The fourth-order valence-corrected chi connectivity index (χ4v) is 1.03. The second-order valence-electron chi connectivity index (χ2n) is 2.78. The van der Waals surface area contributed by atoms with Gasteiger partial charge in [0.05, 0.1) is 0 Å². The van der Waals surface area contributed by atoms with Crippen molar-refractivity contribution in [3.8, 4) is 0 Å². The highest BCUT2D eigenvalue weighted by Crippen LogP contribution is 2.48. The van der Waals surface area contributed by atoms with Crippen LogP contribution in [0.4, 0.5) is 8.78 Å². The van der Waals surface area contributed by atoms with Gasteiger partial charge in [0.25, 0.3) is 0 Å². The lowest BCUT2D eigenvalue weighted by Crippen LogP contribution is -2.13. The average molecular weight is 120 g/mol. The molecule has 1 aliphatic carbocycles. The lowest BCUT2D eigenvalue weighted by Gasteiger charge is -2.06. The molecule has 2 unspecified atom stereocenters. The third-order valence-electron chi connectivity index (χ3n) is 1.76. The molecule has 0 aromatic heterocycles. The van der Waals surface area contributed by atoms with Gasteiger partial charge in [-0.1, -0.05) is 6.92 Å². The predicted octanol–water partition coefficient (Wildman–Crippen LogP) is 2.30. The first-order chi connectivity index (χ1) is 3.52. The zero-order valence-corrected chi connectivity index (χ0v) is 5.12. The van der Waals surface area contributed by atoms with E-state index in [-0.39, 0.29) is 11.8 Å². The fraction of sp³-hybridized carbons (Fsp3) is 1.00. The average Bonchev–Trinajstić information content (AvgIpc) is 2.13. The zero-order valence-electron chi connectivity index (χ0n) is 5.12. The molecule has 1 aliphatic rings. The van der Waals surface area contributed by atoms with Crippen molar-refractivity contribution >= 4 is 0 Å². The van der Waals surface area contributed by atoms with Gasteiger partial charge in [0.2, 0.25) is 5.92 Å². The highest BCUT2D eigenvalue weighted by molar-refractivity contribution is 4.90. The van der Waals surface area contributed by atoms with Crippen LogP contribution in [0.25, 0.3) is 0 Å². The van der Waals surface area contributed by atoms with Crippen LogP contribution in [0.15, 0.2) is 0 Å². The van der Waals surface area contributed by atoms with Gasteiger partial charge in [-0.05, 0) is 19.3 Å². The van der Waals surface area contributed by atoms with Crippen LogP contribution >= 0.6 is 0 Å². The van der Waals surface area contributed by atoms with Gasteiger partial charge in [-0.3, -0.25) is 0 Å². The summed E-state index contributed by atoms with van der Waals surface area (Å²) in [6, 6.07) is 0. The third-order valence-corrected chi connectivity index (χ3v) is 1.76. The normalized spacial score (nSPS) is 37.5. The third kappa shape index (κ3) is 0.984. The molecule has 2 heteroatoms. The largest absolute Gasteiger partial charge is 0.248 e. The van der Waals surface area contributed by atoms with E-state index in [9.17, 15) is 8.78 Å². The lowest BCUT2D eigenvalue weighted by atomic mass is 10.2. The SMILES string of the molecule is CC1CC1C(C)(F)F. The molecule has 0 N–H and O–H groups in total. The van der Waals surface area contributed by atoms with Gasteiger partial charge in [-0.25, -0.2) is 8.78 Å². The summed E-state index contributed by atoms with van der Waals surface area (Å²) in [5.74, 6) is -2.48. The molecule has 0 heterocycles. The Morgan fingerprint density at radius 3 is 1.88 bits per heavy atom. The number of alkyl halides is 2. The molecular formula is C6H10F2. The molecule has 0 nitrogen and oxygen atoms in total. The summed E-state index contributed by atoms with van der Waals surface area (Å²) in [5, 5.41) is 0. The van der Waals surface area contributed by atoms with E-state index in [1.165, 1.54) is 0 Å². The Balaban J connectivity index is 2.39. The topological polar surface area (TPSA) is 0 Å². The second-order valence-corrected chi connectivity index (χ2v) is 2.78. The number of hydrogen-bond acceptors (Lipinski definition) is 0. The molecule has 0 spiro atoms. The van der Waals surface area contributed by atoms with Gasteiger partial charge in [-0.2, -0.15) is 0 Å². The molecule has 0 amide bonds. The molecule has 0 aromatic carbocycles. The lowest BCUT2D eigenvalue weighted by molar-refractivity contribution is -0.00645. The van der Waals surface area contributed by atoms with Gasteiger partial charge in [-0.15, -0.1) is 0 Å². The minimum absolute atomic E-state index is 0.259. The van der Waals surface area contributed by atoms with Crippen molar-refractivity contribution in [3.05, 3.63) is 0 Å². The Bertz CT molecular complexity index is 93.2. The van der Waals surface area contributed by atoms with Crippen LogP contribution in [-0.2, 0) is 0 Å². The van der Waals surface area contributed by atoms with Gasteiger partial charge in [0.15, 0.2) is 0 Å². The first-order valence-corrected chi connectivity index (χ1v) is 2.89. The summed E-state index contributed by atoms with van der Waals surface area (Å²) in [6.45, 7) is 2.86. The number of rotatable bonds is 1. The van der Waals surface area contributed by atoms with E-state index in [1.807, 2.05) is 6.92 Å². The minimum atomic E-state index is -2.42. The first-order valence-electron chi connectivity index (χ1n) is 2.89. The molecule has 2 atom stereocenters. The van der Waals surface area contributed by atoms with Crippen molar-refractivity contribution in [2.24, 2.45) is 11.8 Å². The number of halogens is 2. The van der Waals surface area contributed by atoms with E-state index in [2.05, 4.69) is 0 Å². The summed E-state index contributed by atoms with van der Waals surface area (Å²) >= 11 is 0. The van der Waals surface area contributed by atoms with Crippen molar-refractivity contribution in [3.63, 3.8) is 0 Å². The maximum atomic E-state index is 12.2. The summed E-state index contributed by atoms with van der Waals surface area (Å²) in [6.07, 6.45) is 0.712. The standard InChI is InChI=1S/C6H10F2/c1-4-3-5(4)6(2,7)8/h4-5H,3H2,1-2H3. The van der Waals surface area contributed by atoms with Crippen LogP contribution in [0.3, 0.4) is 0 Å². The highest BCUT2D eigenvalue weighted by Gasteiger charge is 2.48. The molecule has 0 aromatic rings. The molecule has 0 bridgehead atoms. The van der Waals surface area contributed by atoms with Crippen molar-refractivity contribution < 1.29 is 8.78 Å². The summed E-state index contributed by atoms with van der Waals surface area (Å²) in [7, 11) is 0. The van der Waals surface area contributed by atoms with E-state index in [0.717, 1.165) is 6.92 Å². The molecule has 1 saturated carbocycles. The van der Waals surface area contributed by atoms with Gasteiger partial charge in [0, 0.05) is 5.92 Å². The number of hydrogen-bond donors (Lipinski definition) is 0. The maximum Gasteiger partial charge on any atom is 0.248 e. The fourth-order valence-electron chi connectivity index (χ4n) is 1.03. The van der Waals surface area contributed by atoms with Crippen LogP contribution < -0.4 is 0 Å². The zero-order chi connectivity index (χ0) is 6.36. The monoisotopic (exact) mass is 120 g/mol. The van der Waals surface area contributed by atoms with E-state index >= 15 is 0 Å². The van der Waals surface area contributed by atoms with Gasteiger partial charge >= 0.3 is 0 Å². The molecule has 48 valence electrons. The van der Waals surface area contributed by atoms with Crippen molar-refractivity contribution in [1.29, 1.82) is 0 Å². The quantitative estimate of drug-likeness (QED) is 0.498. The summed E-state index contributed by atoms with van der Waals surface area (Å²) in [4.78, 5) is 0. The molecule has 1 fully saturated rings. The summed E-state index contributed by atoms with van der Waals surface area (Å²) < 4.78 is 24.3. The Morgan fingerprint density at radius 2 is 1.88 bits per heavy atom. The van der Waals surface area contributed by atoms with E-state index < -0.39 is 5.92 Å². The highest BCUT2D eigenvalue weighted by atomic mass is 19.3. The van der Waals surface area contributed by atoms with Gasteiger partial charge in [0.1, 0.15) is 0 Å². The molecule has 0 radical (unpaired) electrons. The Kier molecular flexibility index (Phi) is 1.07. The molecule has 8 heavy (non-hydrogen) atoms. The van der Waals surface area contributed by atoms with Crippen LogP contribution in [0.2, 0.25) is 0 Å². The molecular weight excluding hydrogens is 110 g/mol. The van der Waals surface area contributed by atoms with Crippen LogP contribution in [-0.4, -0.2) is 5.92 Å². The van der Waals surface area contributed by atoms with Crippen molar-refractivity contribution in [2.45, 2.75) is 26.2 Å². The molecule has 0 saturated heterocycles.